The van der Waals surface area contributed by atoms with Gasteiger partial charge in [0.15, 0.2) is 12.7 Å². The van der Waals surface area contributed by atoms with Crippen LogP contribution in [0, 0.1) is 6.92 Å². The Bertz CT molecular complexity index is 651. The first kappa shape index (κ1) is 15.9. The maximum Gasteiger partial charge on any atom is 0.335 e. The monoisotopic (exact) mass is 302 g/mol. The van der Waals surface area contributed by atoms with Crippen molar-refractivity contribution in [1.29, 1.82) is 0 Å². The van der Waals surface area contributed by atoms with E-state index in [4.69, 9.17) is 14.0 Å². The maximum atomic E-state index is 11.7. The number of rotatable bonds is 7. The average Bonchev–Trinajstić information content (AvgIpc) is 2.99. The zero-order valence-electron chi connectivity index (χ0n) is 12.6. The second-order valence-electron chi connectivity index (χ2n) is 4.70. The molecule has 2 aromatic rings. The molecule has 0 saturated carbocycles. The molecule has 1 aromatic carbocycles. The second kappa shape index (κ2) is 7.51. The van der Waals surface area contributed by atoms with Crippen molar-refractivity contribution in [2.24, 2.45) is 0 Å². The molecule has 0 fully saturated rings. The van der Waals surface area contributed by atoms with Crippen molar-refractivity contribution in [1.82, 2.24) is 10.1 Å². The number of hydrogen-bond donors (Lipinski definition) is 0. The van der Waals surface area contributed by atoms with Crippen LogP contribution in [0.25, 0.3) is 11.4 Å². The number of carbonyl (C=O) groups is 1. The number of nitrogens with zero attached hydrogens (tertiary/aromatic N) is 2. The minimum atomic E-state index is -0.670. The first-order valence-electron chi connectivity index (χ1n) is 6.89. The minimum Gasteiger partial charge on any atom is -0.454 e. The molecule has 0 amide bonds. The summed E-state index contributed by atoms with van der Waals surface area (Å²) in [7, 11) is 0. The second-order valence-corrected chi connectivity index (χ2v) is 4.70. The topological polar surface area (TPSA) is 74.5 Å². The van der Waals surface area contributed by atoms with Crippen molar-refractivity contribution < 1.29 is 18.8 Å². The third-order valence-electron chi connectivity index (χ3n) is 2.99. The predicted molar refractivity (Wildman–Crippen MR) is 79.9 cm³/mol. The molecule has 6 heteroatoms. The lowest BCUT2D eigenvalue weighted by molar-refractivity contribution is -0.157. The van der Waals surface area contributed by atoms with E-state index in [2.05, 4.69) is 16.7 Å². The summed E-state index contributed by atoms with van der Waals surface area (Å²) in [6, 6.07) is 7.70. The molecule has 0 aliphatic carbocycles. The maximum absolute atomic E-state index is 11.7. The molecule has 6 nitrogen and oxygen atoms in total. The fraction of sp³-hybridized carbons (Fsp3) is 0.312. The highest BCUT2D eigenvalue weighted by Gasteiger charge is 2.17. The van der Waals surface area contributed by atoms with E-state index in [1.165, 1.54) is 0 Å². The average molecular weight is 302 g/mol. The molecule has 116 valence electrons. The summed E-state index contributed by atoms with van der Waals surface area (Å²) in [6.45, 7) is 7.29. The number of benzene rings is 1. The SMILES string of the molecule is C=CCOC(C)C(=O)OCc1nc(-c2ccccc2C)no1. The van der Waals surface area contributed by atoms with Crippen molar-refractivity contribution in [3.63, 3.8) is 0 Å². The lowest BCUT2D eigenvalue weighted by atomic mass is 10.1. The smallest absolute Gasteiger partial charge is 0.335 e. The Balaban J connectivity index is 1.94. The van der Waals surface area contributed by atoms with Crippen LogP contribution in [0.1, 0.15) is 18.4 Å². The largest absolute Gasteiger partial charge is 0.454 e. The molecule has 0 aliphatic rings. The summed E-state index contributed by atoms with van der Waals surface area (Å²) in [6.07, 6.45) is 0.896. The molecule has 0 bridgehead atoms. The normalized spacial score (nSPS) is 11.9. The van der Waals surface area contributed by atoms with E-state index >= 15 is 0 Å². The minimum absolute atomic E-state index is 0.0838. The van der Waals surface area contributed by atoms with Gasteiger partial charge in [-0.3, -0.25) is 0 Å². The van der Waals surface area contributed by atoms with Crippen LogP contribution in [-0.4, -0.2) is 28.8 Å². The summed E-state index contributed by atoms with van der Waals surface area (Å²) in [5.74, 6) is 0.222. The summed E-state index contributed by atoms with van der Waals surface area (Å²) >= 11 is 0. The van der Waals surface area contributed by atoms with Gasteiger partial charge in [-0.25, -0.2) is 4.79 Å². The third kappa shape index (κ3) is 4.02. The Morgan fingerprint density at radius 3 is 2.95 bits per heavy atom. The highest BCUT2D eigenvalue weighted by molar-refractivity contribution is 5.74. The molecular formula is C16H18N2O4. The van der Waals surface area contributed by atoms with Gasteiger partial charge in [-0.1, -0.05) is 35.5 Å². The van der Waals surface area contributed by atoms with E-state index < -0.39 is 12.1 Å². The molecule has 1 unspecified atom stereocenters. The standard InChI is InChI=1S/C16H18N2O4/c1-4-9-20-12(3)16(19)21-10-14-17-15(18-22-14)13-8-6-5-7-11(13)2/h4-8,12H,1,9-10H2,2-3H3. The van der Waals surface area contributed by atoms with Gasteiger partial charge in [0.05, 0.1) is 6.61 Å². The summed E-state index contributed by atoms with van der Waals surface area (Å²) < 4.78 is 15.3. The van der Waals surface area contributed by atoms with Crippen molar-refractivity contribution in [3.05, 3.63) is 48.4 Å². The fourth-order valence-electron chi connectivity index (χ4n) is 1.78. The Kier molecular flexibility index (Phi) is 5.43. The lowest BCUT2D eigenvalue weighted by Crippen LogP contribution is -2.23. The van der Waals surface area contributed by atoms with Crippen LogP contribution in [-0.2, 0) is 20.9 Å². The van der Waals surface area contributed by atoms with Crippen LogP contribution < -0.4 is 0 Å². The molecular weight excluding hydrogens is 284 g/mol. The molecule has 22 heavy (non-hydrogen) atoms. The predicted octanol–water partition coefficient (Wildman–Crippen LogP) is 2.68. The van der Waals surface area contributed by atoms with Crippen molar-refractivity contribution in [2.45, 2.75) is 26.6 Å². The molecule has 1 aromatic heterocycles. The molecule has 0 aliphatic heterocycles. The van der Waals surface area contributed by atoms with Gasteiger partial charge >= 0.3 is 5.97 Å². The van der Waals surface area contributed by atoms with E-state index in [-0.39, 0.29) is 19.1 Å². The van der Waals surface area contributed by atoms with E-state index in [1.54, 1.807) is 13.0 Å². The molecule has 0 radical (unpaired) electrons. The number of aryl methyl sites for hydroxylation is 1. The molecule has 1 heterocycles. The summed E-state index contributed by atoms with van der Waals surface area (Å²) in [5.41, 5.74) is 1.92. The van der Waals surface area contributed by atoms with Crippen molar-refractivity contribution >= 4 is 5.97 Å². The zero-order chi connectivity index (χ0) is 15.9. The Hall–Kier alpha value is -2.47. The fourth-order valence-corrected chi connectivity index (χ4v) is 1.78. The number of esters is 1. The molecule has 1 atom stereocenters. The first-order valence-corrected chi connectivity index (χ1v) is 6.89. The van der Waals surface area contributed by atoms with E-state index in [0.29, 0.717) is 5.82 Å². The van der Waals surface area contributed by atoms with Gasteiger partial charge in [0.1, 0.15) is 0 Å². The van der Waals surface area contributed by atoms with Gasteiger partial charge in [-0.15, -0.1) is 6.58 Å². The van der Waals surface area contributed by atoms with Gasteiger partial charge in [-0.05, 0) is 19.4 Å². The number of carbonyl (C=O) groups excluding carboxylic acids is 1. The van der Waals surface area contributed by atoms with Crippen molar-refractivity contribution in [3.8, 4) is 11.4 Å². The molecule has 0 saturated heterocycles. The van der Waals surface area contributed by atoms with E-state index in [9.17, 15) is 4.79 Å². The third-order valence-corrected chi connectivity index (χ3v) is 2.99. The van der Waals surface area contributed by atoms with Gasteiger partial charge < -0.3 is 14.0 Å². The quantitative estimate of drug-likeness (QED) is 0.578. The Labute approximate surface area is 128 Å². The van der Waals surface area contributed by atoms with Gasteiger partial charge in [0.2, 0.25) is 5.82 Å². The van der Waals surface area contributed by atoms with Crippen LogP contribution in [0.5, 0.6) is 0 Å². The van der Waals surface area contributed by atoms with Crippen LogP contribution in [0.15, 0.2) is 41.4 Å². The van der Waals surface area contributed by atoms with Gasteiger partial charge in [0.25, 0.3) is 5.89 Å². The Morgan fingerprint density at radius 2 is 2.23 bits per heavy atom. The van der Waals surface area contributed by atoms with Gasteiger partial charge in [0, 0.05) is 5.56 Å². The van der Waals surface area contributed by atoms with Crippen LogP contribution in [0.2, 0.25) is 0 Å². The van der Waals surface area contributed by atoms with Crippen LogP contribution in [0.4, 0.5) is 0 Å². The molecule has 0 spiro atoms. The van der Waals surface area contributed by atoms with Gasteiger partial charge in [-0.2, -0.15) is 4.98 Å². The highest BCUT2D eigenvalue weighted by atomic mass is 16.6. The summed E-state index contributed by atoms with van der Waals surface area (Å²) in [5, 5.41) is 3.90. The van der Waals surface area contributed by atoms with Crippen LogP contribution in [0.3, 0.4) is 0 Å². The van der Waals surface area contributed by atoms with E-state index in [1.807, 2.05) is 31.2 Å². The lowest BCUT2D eigenvalue weighted by Gasteiger charge is -2.09. The number of ether oxygens (including phenoxy) is 2. The van der Waals surface area contributed by atoms with Crippen molar-refractivity contribution in [2.75, 3.05) is 6.61 Å². The molecule has 0 N–H and O–H groups in total. The highest BCUT2D eigenvalue weighted by Crippen LogP contribution is 2.19. The number of aromatic nitrogens is 2. The zero-order valence-corrected chi connectivity index (χ0v) is 12.6. The van der Waals surface area contributed by atoms with Crippen LogP contribution >= 0.6 is 0 Å². The molecule has 2 rings (SSSR count). The number of hydrogen-bond acceptors (Lipinski definition) is 6. The summed E-state index contributed by atoms with van der Waals surface area (Å²) in [4.78, 5) is 15.9. The van der Waals surface area contributed by atoms with E-state index in [0.717, 1.165) is 11.1 Å². The first-order chi connectivity index (χ1) is 10.6. The Morgan fingerprint density at radius 1 is 1.45 bits per heavy atom.